The molecule has 0 saturated heterocycles. The number of benzene rings is 1. The first-order chi connectivity index (χ1) is 9.16. The maximum absolute atomic E-state index is 11.9. The van der Waals surface area contributed by atoms with E-state index in [4.69, 9.17) is 10.9 Å². The minimum atomic E-state index is -3.82. The Labute approximate surface area is 131 Å². The zero-order chi connectivity index (χ0) is 15.5. The predicted molar refractivity (Wildman–Crippen MR) is 85.9 cm³/mol. The van der Waals surface area contributed by atoms with Crippen molar-refractivity contribution in [3.8, 4) is 0 Å². The van der Waals surface area contributed by atoms with E-state index in [0.717, 1.165) is 6.42 Å². The Balaban J connectivity index is 0.00000400. The number of nitrogens with one attached hydrogen (secondary N) is 1. The number of carbonyl (C=O) groups excluding carboxylic acids is 1. The van der Waals surface area contributed by atoms with Gasteiger partial charge in [0.2, 0.25) is 15.9 Å². The monoisotopic (exact) mass is 335 g/mol. The fraction of sp³-hybridized carbons (Fsp3) is 0.462. The molecule has 120 valence electrons. The van der Waals surface area contributed by atoms with Crippen molar-refractivity contribution in [2.45, 2.75) is 38.1 Å². The van der Waals surface area contributed by atoms with Crippen molar-refractivity contribution in [3.05, 3.63) is 23.8 Å². The van der Waals surface area contributed by atoms with Gasteiger partial charge in [-0.3, -0.25) is 4.79 Å². The molecule has 1 amide bonds. The number of anilines is 1. The summed E-state index contributed by atoms with van der Waals surface area (Å²) < 4.78 is 22.8. The number of rotatable bonds is 5. The van der Waals surface area contributed by atoms with Crippen molar-refractivity contribution in [1.29, 1.82) is 0 Å². The van der Waals surface area contributed by atoms with Crippen molar-refractivity contribution >= 4 is 34.0 Å². The molecule has 6 nitrogen and oxygen atoms in total. The topological polar surface area (TPSA) is 115 Å². The Bertz CT molecular complexity index is 605. The zero-order valence-corrected chi connectivity index (χ0v) is 13.9. The van der Waals surface area contributed by atoms with Gasteiger partial charge < -0.3 is 11.1 Å². The van der Waals surface area contributed by atoms with Crippen LogP contribution in [0.5, 0.6) is 0 Å². The van der Waals surface area contributed by atoms with Crippen molar-refractivity contribution < 1.29 is 13.2 Å². The summed E-state index contributed by atoms with van der Waals surface area (Å²) >= 11 is 0. The van der Waals surface area contributed by atoms with Crippen molar-refractivity contribution in [2.24, 2.45) is 16.8 Å². The summed E-state index contributed by atoms with van der Waals surface area (Å²) in [4.78, 5) is 11.9. The fourth-order valence-corrected chi connectivity index (χ4v) is 2.53. The largest absolute Gasteiger partial charge is 0.325 e. The summed E-state index contributed by atoms with van der Waals surface area (Å²) in [5.74, 6) is -0.304. The molecule has 21 heavy (non-hydrogen) atoms. The molecule has 0 heterocycles. The third-order valence-electron chi connectivity index (χ3n) is 3.32. The minimum Gasteiger partial charge on any atom is -0.325 e. The normalized spacial score (nSPS) is 14.0. The predicted octanol–water partition coefficient (Wildman–Crippen LogP) is 1.38. The first-order valence-electron chi connectivity index (χ1n) is 6.36. The van der Waals surface area contributed by atoms with E-state index in [0.29, 0.717) is 11.3 Å². The molecule has 1 aromatic carbocycles. The van der Waals surface area contributed by atoms with Gasteiger partial charge in [0.25, 0.3) is 0 Å². The van der Waals surface area contributed by atoms with Crippen LogP contribution in [0.2, 0.25) is 0 Å². The summed E-state index contributed by atoms with van der Waals surface area (Å²) in [6, 6.07) is 3.90. The zero-order valence-electron chi connectivity index (χ0n) is 12.3. The Kier molecular flexibility index (Phi) is 7.32. The third kappa shape index (κ3) is 5.28. The molecular weight excluding hydrogens is 314 g/mol. The SMILES string of the molecule is CCC(C)C(N)C(=O)Nc1ccc(C)c(S(N)(=O)=O)c1.Cl. The van der Waals surface area contributed by atoms with Gasteiger partial charge in [-0.2, -0.15) is 0 Å². The van der Waals surface area contributed by atoms with Crippen molar-refractivity contribution in [3.63, 3.8) is 0 Å². The second kappa shape index (κ2) is 7.74. The lowest BCUT2D eigenvalue weighted by Crippen LogP contribution is -2.40. The van der Waals surface area contributed by atoms with Crippen molar-refractivity contribution in [2.75, 3.05) is 5.32 Å². The number of hydrogen-bond donors (Lipinski definition) is 3. The van der Waals surface area contributed by atoms with E-state index in [1.807, 2.05) is 13.8 Å². The van der Waals surface area contributed by atoms with Crippen LogP contribution in [0.4, 0.5) is 5.69 Å². The summed E-state index contributed by atoms with van der Waals surface area (Å²) in [5.41, 5.74) is 6.71. The second-order valence-electron chi connectivity index (χ2n) is 4.93. The number of aryl methyl sites for hydroxylation is 1. The van der Waals surface area contributed by atoms with E-state index in [1.54, 1.807) is 19.1 Å². The molecule has 1 rings (SSSR count). The smallest absolute Gasteiger partial charge is 0.241 e. The molecule has 0 saturated carbocycles. The van der Waals surface area contributed by atoms with E-state index < -0.39 is 16.1 Å². The fourth-order valence-electron chi connectivity index (χ4n) is 1.72. The molecule has 2 unspecified atom stereocenters. The highest BCUT2D eigenvalue weighted by Gasteiger charge is 2.20. The van der Waals surface area contributed by atoms with Crippen LogP contribution in [-0.2, 0) is 14.8 Å². The van der Waals surface area contributed by atoms with Gasteiger partial charge in [0.15, 0.2) is 0 Å². The molecule has 8 heteroatoms. The van der Waals surface area contributed by atoms with Gasteiger partial charge >= 0.3 is 0 Å². The molecule has 0 bridgehead atoms. The molecule has 2 atom stereocenters. The Hall–Kier alpha value is -1.15. The number of sulfonamides is 1. The summed E-state index contributed by atoms with van der Waals surface area (Å²) in [7, 11) is -3.82. The average Bonchev–Trinajstić information content (AvgIpc) is 2.37. The minimum absolute atomic E-state index is 0. The highest BCUT2D eigenvalue weighted by Crippen LogP contribution is 2.19. The first kappa shape index (κ1) is 19.9. The maximum atomic E-state index is 11.9. The second-order valence-corrected chi connectivity index (χ2v) is 6.46. The number of primary sulfonamides is 1. The van der Waals surface area contributed by atoms with Crippen LogP contribution in [-0.4, -0.2) is 20.4 Å². The molecule has 0 aliphatic heterocycles. The van der Waals surface area contributed by atoms with Crippen LogP contribution in [0.3, 0.4) is 0 Å². The van der Waals surface area contributed by atoms with Gasteiger partial charge in [-0.1, -0.05) is 26.3 Å². The summed E-state index contributed by atoms with van der Waals surface area (Å²) in [6.45, 7) is 5.47. The molecule has 0 radical (unpaired) electrons. The summed E-state index contributed by atoms with van der Waals surface area (Å²) in [5, 5.41) is 7.73. The van der Waals surface area contributed by atoms with Gasteiger partial charge in [-0.25, -0.2) is 13.6 Å². The lowest BCUT2D eigenvalue weighted by molar-refractivity contribution is -0.118. The highest BCUT2D eigenvalue weighted by molar-refractivity contribution is 7.89. The van der Waals surface area contributed by atoms with Crippen LogP contribution in [0, 0.1) is 12.8 Å². The third-order valence-corrected chi connectivity index (χ3v) is 4.37. The average molecular weight is 336 g/mol. The van der Waals surface area contributed by atoms with Gasteiger partial charge in [0.05, 0.1) is 10.9 Å². The lowest BCUT2D eigenvalue weighted by Gasteiger charge is -2.18. The van der Waals surface area contributed by atoms with Gasteiger partial charge in [0, 0.05) is 5.69 Å². The standard InChI is InChI=1S/C13H21N3O3S.ClH/c1-4-8(2)12(14)13(17)16-10-6-5-9(3)11(7-10)20(15,18)19;/h5-8,12H,4,14H2,1-3H3,(H,16,17)(H2,15,18,19);1H. The molecule has 0 aromatic heterocycles. The number of hydrogen-bond acceptors (Lipinski definition) is 4. The van der Waals surface area contributed by atoms with Crippen LogP contribution < -0.4 is 16.2 Å². The van der Waals surface area contributed by atoms with E-state index in [2.05, 4.69) is 5.32 Å². The molecular formula is C13H22ClN3O3S. The molecule has 0 aliphatic carbocycles. The molecule has 0 spiro atoms. The first-order valence-corrected chi connectivity index (χ1v) is 7.91. The maximum Gasteiger partial charge on any atom is 0.241 e. The van der Waals surface area contributed by atoms with Gasteiger partial charge in [-0.15, -0.1) is 12.4 Å². The van der Waals surface area contributed by atoms with Gasteiger partial charge in [0.1, 0.15) is 0 Å². The number of carbonyl (C=O) groups is 1. The quantitative estimate of drug-likeness (QED) is 0.753. The van der Waals surface area contributed by atoms with Crippen LogP contribution in [0.1, 0.15) is 25.8 Å². The van der Waals surface area contributed by atoms with E-state index in [-0.39, 0.29) is 29.1 Å². The summed E-state index contributed by atoms with van der Waals surface area (Å²) in [6.07, 6.45) is 0.783. The number of amides is 1. The highest BCUT2D eigenvalue weighted by atomic mass is 35.5. The van der Waals surface area contributed by atoms with Crippen LogP contribution in [0.15, 0.2) is 23.1 Å². The van der Waals surface area contributed by atoms with Crippen LogP contribution in [0.25, 0.3) is 0 Å². The Morgan fingerprint density at radius 3 is 2.43 bits per heavy atom. The lowest BCUT2D eigenvalue weighted by atomic mass is 9.99. The number of halogens is 1. The Morgan fingerprint density at radius 2 is 1.95 bits per heavy atom. The molecule has 5 N–H and O–H groups in total. The van der Waals surface area contributed by atoms with Gasteiger partial charge in [-0.05, 0) is 30.5 Å². The van der Waals surface area contributed by atoms with E-state index >= 15 is 0 Å². The van der Waals surface area contributed by atoms with Crippen LogP contribution >= 0.6 is 12.4 Å². The molecule has 1 aromatic rings. The number of nitrogens with two attached hydrogens (primary N) is 2. The van der Waals surface area contributed by atoms with E-state index in [1.165, 1.54) is 6.07 Å². The molecule has 0 aliphatic rings. The van der Waals surface area contributed by atoms with E-state index in [9.17, 15) is 13.2 Å². The van der Waals surface area contributed by atoms with Crippen molar-refractivity contribution in [1.82, 2.24) is 0 Å². The Morgan fingerprint density at radius 1 is 1.38 bits per heavy atom. The molecule has 0 fully saturated rings.